The maximum absolute atomic E-state index is 12.7. The van der Waals surface area contributed by atoms with Gasteiger partial charge >= 0.3 is 23.9 Å². The topological polar surface area (TPSA) is 164 Å². The maximum atomic E-state index is 12.7. The first-order valence-electron chi connectivity index (χ1n) is 9.89. The van der Waals surface area contributed by atoms with Crippen LogP contribution in [0.2, 0.25) is 0 Å². The highest BCUT2D eigenvalue weighted by Crippen LogP contribution is 2.29. The Morgan fingerprint density at radius 1 is 0.909 bits per heavy atom. The highest BCUT2D eigenvalue weighted by molar-refractivity contribution is 5.92. The van der Waals surface area contributed by atoms with Gasteiger partial charge in [0.05, 0.1) is 0 Å². The first-order chi connectivity index (χ1) is 15.5. The smallest absolute Gasteiger partial charge is 0.344 e. The number of phenolic OH excluding ortho intramolecular Hbond substituents is 1. The third-order valence-electron chi connectivity index (χ3n) is 4.42. The van der Waals surface area contributed by atoms with Crippen LogP contribution in [0.15, 0.2) is 24.3 Å². The lowest BCUT2D eigenvalue weighted by Crippen LogP contribution is -2.66. The average Bonchev–Trinajstić information content (AvgIpc) is 2.70. The van der Waals surface area contributed by atoms with Crippen LogP contribution in [0.5, 0.6) is 5.75 Å². The highest BCUT2D eigenvalue weighted by atomic mass is 16.7. The van der Waals surface area contributed by atoms with Gasteiger partial charge in [-0.25, -0.2) is 4.79 Å². The fourth-order valence-electron chi connectivity index (χ4n) is 3.21. The predicted octanol–water partition coefficient (Wildman–Crippen LogP) is 0.205. The number of nitrogens with one attached hydrogen (secondary N) is 1. The van der Waals surface area contributed by atoms with E-state index in [9.17, 15) is 29.1 Å². The van der Waals surface area contributed by atoms with Crippen molar-refractivity contribution in [1.82, 2.24) is 5.32 Å². The number of esters is 4. The normalized spacial score (nSPS) is 24.2. The van der Waals surface area contributed by atoms with Crippen LogP contribution < -0.4 is 5.32 Å². The maximum Gasteiger partial charge on any atom is 0.344 e. The Morgan fingerprint density at radius 2 is 1.52 bits per heavy atom. The molecule has 12 nitrogen and oxygen atoms in total. The molecule has 0 bridgehead atoms. The summed E-state index contributed by atoms with van der Waals surface area (Å²) in [6.07, 6.45) is -5.48. The molecule has 0 unspecified atom stereocenters. The van der Waals surface area contributed by atoms with Crippen molar-refractivity contribution in [3.63, 3.8) is 0 Å². The molecule has 2 rings (SSSR count). The molecule has 0 spiro atoms. The van der Waals surface area contributed by atoms with E-state index in [2.05, 4.69) is 5.32 Å². The minimum Gasteiger partial charge on any atom is -0.507 e. The summed E-state index contributed by atoms with van der Waals surface area (Å²) >= 11 is 0. The Morgan fingerprint density at radius 3 is 2.06 bits per heavy atom. The third-order valence-corrected chi connectivity index (χ3v) is 4.42. The molecule has 2 N–H and O–H groups in total. The second-order valence-electron chi connectivity index (χ2n) is 7.14. The van der Waals surface area contributed by atoms with Crippen LogP contribution in [0.25, 0.3) is 0 Å². The van der Waals surface area contributed by atoms with Gasteiger partial charge in [0.1, 0.15) is 30.1 Å². The number of ether oxygens (including phenoxy) is 5. The third kappa shape index (κ3) is 7.17. The zero-order valence-electron chi connectivity index (χ0n) is 18.4. The van der Waals surface area contributed by atoms with E-state index in [1.54, 1.807) is 0 Å². The molecule has 1 aromatic rings. The molecule has 0 aliphatic carbocycles. The van der Waals surface area contributed by atoms with Crippen LogP contribution in [0.1, 0.15) is 38.1 Å². The molecule has 1 aliphatic heterocycles. The van der Waals surface area contributed by atoms with Crippen LogP contribution in [-0.4, -0.2) is 72.1 Å². The van der Waals surface area contributed by atoms with Crippen molar-refractivity contribution in [3.05, 3.63) is 29.8 Å². The molecular formula is C21H25NO11. The Hall–Kier alpha value is -3.67. The summed E-state index contributed by atoms with van der Waals surface area (Å²) in [5.74, 6) is -4.18. The van der Waals surface area contributed by atoms with Gasteiger partial charge in [0, 0.05) is 27.7 Å². The predicted molar refractivity (Wildman–Crippen MR) is 108 cm³/mol. The summed E-state index contributed by atoms with van der Waals surface area (Å²) < 4.78 is 26.6. The Kier molecular flexibility index (Phi) is 8.74. The number of carbonyl (C=O) groups is 5. The number of phenols is 1. The summed E-state index contributed by atoms with van der Waals surface area (Å²) in [5, 5.41) is 12.4. The fraction of sp³-hybridized carbons (Fsp3) is 0.476. The Bertz CT molecular complexity index is 915. The summed E-state index contributed by atoms with van der Waals surface area (Å²) in [5.41, 5.74) is -0.189. The fourth-order valence-corrected chi connectivity index (χ4v) is 3.21. The van der Waals surface area contributed by atoms with Crippen molar-refractivity contribution in [2.45, 2.75) is 58.3 Å². The van der Waals surface area contributed by atoms with Crippen LogP contribution in [-0.2, 0) is 42.9 Å². The number of hydrogen-bond donors (Lipinski definition) is 2. The van der Waals surface area contributed by atoms with Gasteiger partial charge in [-0.15, -0.1) is 0 Å². The standard InChI is InChI=1S/C21H25NO11/c1-10(23)22-17-19(31-13(4)26)18(30-12(3)25)16(9-29-11(2)24)32-21(17)33-20(28)14-7-5-6-8-15(14)27/h5-8,16-19,21,27H,9H2,1-4H3,(H,22,23)/t16-,17+,18+,19+,21-/m0/s1. The zero-order chi connectivity index (χ0) is 24.7. The van der Waals surface area contributed by atoms with Crippen molar-refractivity contribution in [3.8, 4) is 5.75 Å². The van der Waals surface area contributed by atoms with E-state index in [4.69, 9.17) is 23.7 Å². The number of hydrogen-bond acceptors (Lipinski definition) is 11. The van der Waals surface area contributed by atoms with E-state index < -0.39 is 67.0 Å². The van der Waals surface area contributed by atoms with Crippen molar-refractivity contribution in [2.24, 2.45) is 0 Å². The molecule has 1 aromatic carbocycles. The lowest BCUT2D eigenvalue weighted by molar-refractivity contribution is -0.263. The number of aromatic hydroxyl groups is 1. The van der Waals surface area contributed by atoms with Gasteiger partial charge in [-0.3, -0.25) is 19.2 Å². The van der Waals surface area contributed by atoms with Crippen LogP contribution in [0, 0.1) is 0 Å². The molecule has 0 radical (unpaired) electrons. The summed E-state index contributed by atoms with van der Waals surface area (Å²) in [6, 6.07) is 4.25. The summed E-state index contributed by atoms with van der Waals surface area (Å²) in [7, 11) is 0. The Labute approximate surface area is 189 Å². The quantitative estimate of drug-likeness (QED) is 0.416. The number of para-hydroxylation sites is 1. The molecular weight excluding hydrogens is 442 g/mol. The average molecular weight is 467 g/mol. The molecule has 0 saturated carbocycles. The van der Waals surface area contributed by atoms with Gasteiger partial charge < -0.3 is 34.1 Å². The van der Waals surface area contributed by atoms with Crippen molar-refractivity contribution >= 4 is 29.8 Å². The van der Waals surface area contributed by atoms with Gasteiger partial charge in [0.2, 0.25) is 12.2 Å². The molecule has 1 saturated heterocycles. The monoisotopic (exact) mass is 467 g/mol. The van der Waals surface area contributed by atoms with E-state index in [1.165, 1.54) is 31.2 Å². The highest BCUT2D eigenvalue weighted by Gasteiger charge is 2.52. The van der Waals surface area contributed by atoms with Gasteiger partial charge in [-0.1, -0.05) is 12.1 Å². The van der Waals surface area contributed by atoms with Crippen LogP contribution >= 0.6 is 0 Å². The summed E-state index contributed by atoms with van der Waals surface area (Å²) in [4.78, 5) is 59.4. The lowest BCUT2D eigenvalue weighted by atomic mass is 9.96. The lowest BCUT2D eigenvalue weighted by Gasteiger charge is -2.44. The van der Waals surface area contributed by atoms with Crippen molar-refractivity contribution in [2.75, 3.05) is 6.61 Å². The van der Waals surface area contributed by atoms with Gasteiger partial charge in [0.25, 0.3) is 0 Å². The van der Waals surface area contributed by atoms with E-state index in [0.29, 0.717) is 0 Å². The molecule has 1 aliphatic rings. The minimum absolute atomic E-state index is 0.189. The minimum atomic E-state index is -1.57. The Balaban J connectivity index is 2.45. The number of rotatable bonds is 7. The molecule has 5 atom stereocenters. The van der Waals surface area contributed by atoms with Gasteiger partial charge in [-0.05, 0) is 12.1 Å². The van der Waals surface area contributed by atoms with E-state index >= 15 is 0 Å². The van der Waals surface area contributed by atoms with Crippen LogP contribution in [0.3, 0.4) is 0 Å². The first kappa shape index (κ1) is 25.6. The largest absolute Gasteiger partial charge is 0.507 e. The SMILES string of the molecule is CC(=O)N[C@H]1[C@H](OC(=O)c2ccccc2O)O[C@@H](COC(C)=O)[C@@H](OC(C)=O)[C@@H]1OC(C)=O. The molecule has 12 heteroatoms. The van der Waals surface area contributed by atoms with E-state index in [-0.39, 0.29) is 11.3 Å². The number of benzene rings is 1. The van der Waals surface area contributed by atoms with Crippen molar-refractivity contribution < 1.29 is 52.8 Å². The first-order valence-corrected chi connectivity index (χ1v) is 9.89. The van der Waals surface area contributed by atoms with Crippen LogP contribution in [0.4, 0.5) is 0 Å². The second kappa shape index (κ2) is 11.3. The number of amides is 1. The van der Waals surface area contributed by atoms with Crippen molar-refractivity contribution in [1.29, 1.82) is 0 Å². The second-order valence-corrected chi connectivity index (χ2v) is 7.14. The molecule has 0 aromatic heterocycles. The van der Waals surface area contributed by atoms with Gasteiger partial charge in [0.15, 0.2) is 12.2 Å². The molecule has 33 heavy (non-hydrogen) atoms. The molecule has 180 valence electrons. The van der Waals surface area contributed by atoms with E-state index in [1.807, 2.05) is 0 Å². The molecule has 1 heterocycles. The molecule has 1 fully saturated rings. The number of carbonyl (C=O) groups excluding carboxylic acids is 5. The van der Waals surface area contributed by atoms with E-state index in [0.717, 1.165) is 20.8 Å². The summed E-state index contributed by atoms with van der Waals surface area (Å²) in [6.45, 7) is 4.06. The molecule has 1 amide bonds. The van der Waals surface area contributed by atoms with Gasteiger partial charge in [-0.2, -0.15) is 0 Å². The zero-order valence-corrected chi connectivity index (χ0v) is 18.4.